The zero-order valence-corrected chi connectivity index (χ0v) is 24.2. The van der Waals surface area contributed by atoms with Gasteiger partial charge in [0.2, 0.25) is 11.8 Å². The number of nitrogens with zero attached hydrogens (tertiary/aromatic N) is 1. The number of aryl methyl sites for hydroxylation is 2. The SMILES string of the molecule is CSCCC(NC(=O)OC(C)(C)C)C(=O)N(C(C(=O)NC(C)C)c1ccc(C)c(C)c1)C(C)(C)C. The molecule has 3 amide bonds. The van der Waals surface area contributed by atoms with Gasteiger partial charge in [-0.05, 0) is 104 Å². The van der Waals surface area contributed by atoms with Crippen molar-refractivity contribution in [3.63, 3.8) is 0 Å². The van der Waals surface area contributed by atoms with E-state index in [2.05, 4.69) is 10.6 Å². The molecule has 198 valence electrons. The Morgan fingerprint density at radius 2 is 1.60 bits per heavy atom. The van der Waals surface area contributed by atoms with Crippen LogP contribution in [0.5, 0.6) is 0 Å². The van der Waals surface area contributed by atoms with Crippen LogP contribution in [0.25, 0.3) is 0 Å². The second kappa shape index (κ2) is 12.7. The molecule has 2 unspecified atom stereocenters. The minimum absolute atomic E-state index is 0.0966. The number of amides is 3. The first-order valence-electron chi connectivity index (χ1n) is 12.2. The molecule has 2 atom stereocenters. The molecule has 0 aliphatic heterocycles. The Bertz CT molecular complexity index is 887. The highest BCUT2D eigenvalue weighted by atomic mass is 32.2. The number of hydrogen-bond acceptors (Lipinski definition) is 5. The highest BCUT2D eigenvalue weighted by Gasteiger charge is 2.42. The Morgan fingerprint density at radius 3 is 2.06 bits per heavy atom. The van der Waals surface area contributed by atoms with Gasteiger partial charge >= 0.3 is 6.09 Å². The minimum Gasteiger partial charge on any atom is -0.444 e. The quantitative estimate of drug-likeness (QED) is 0.483. The molecule has 1 aromatic carbocycles. The molecule has 0 radical (unpaired) electrons. The molecular weight excluding hydrogens is 462 g/mol. The minimum atomic E-state index is -0.860. The van der Waals surface area contributed by atoms with Crippen LogP contribution in [0.4, 0.5) is 4.79 Å². The zero-order valence-electron chi connectivity index (χ0n) is 23.4. The van der Waals surface area contributed by atoms with Crippen molar-refractivity contribution in [1.82, 2.24) is 15.5 Å². The Morgan fingerprint density at radius 1 is 1.00 bits per heavy atom. The summed E-state index contributed by atoms with van der Waals surface area (Å²) in [5, 5.41) is 5.76. The fourth-order valence-corrected chi connectivity index (χ4v) is 4.14. The molecule has 0 aliphatic carbocycles. The molecule has 0 heterocycles. The highest BCUT2D eigenvalue weighted by Crippen LogP contribution is 2.31. The summed E-state index contributed by atoms with van der Waals surface area (Å²) in [5.74, 6) is 0.0865. The Hall–Kier alpha value is -2.22. The van der Waals surface area contributed by atoms with E-state index in [1.165, 1.54) is 0 Å². The van der Waals surface area contributed by atoms with Crippen LogP contribution in [0, 0.1) is 13.8 Å². The van der Waals surface area contributed by atoms with Crippen molar-refractivity contribution >= 4 is 29.7 Å². The Balaban J connectivity index is 3.57. The van der Waals surface area contributed by atoms with E-state index in [0.29, 0.717) is 12.2 Å². The third kappa shape index (κ3) is 9.74. The van der Waals surface area contributed by atoms with E-state index in [-0.39, 0.29) is 17.9 Å². The summed E-state index contributed by atoms with van der Waals surface area (Å²) in [6.07, 6.45) is 1.71. The second-order valence-corrected chi connectivity index (χ2v) is 12.3. The summed E-state index contributed by atoms with van der Waals surface area (Å²) in [6.45, 7) is 18.8. The van der Waals surface area contributed by atoms with Crippen LogP contribution in [-0.2, 0) is 14.3 Å². The molecule has 2 N–H and O–H groups in total. The third-order valence-corrected chi connectivity index (χ3v) is 5.99. The van der Waals surface area contributed by atoms with Gasteiger partial charge in [-0.3, -0.25) is 9.59 Å². The molecule has 0 spiro atoms. The highest BCUT2D eigenvalue weighted by molar-refractivity contribution is 7.98. The predicted octanol–water partition coefficient (Wildman–Crippen LogP) is 5.14. The van der Waals surface area contributed by atoms with E-state index in [1.54, 1.807) is 37.4 Å². The van der Waals surface area contributed by atoms with Crippen LogP contribution in [0.1, 0.15) is 84.5 Å². The van der Waals surface area contributed by atoms with Crippen LogP contribution in [0.2, 0.25) is 0 Å². The Kier molecular flexibility index (Phi) is 11.1. The van der Waals surface area contributed by atoms with Gasteiger partial charge in [0, 0.05) is 11.6 Å². The number of rotatable bonds is 9. The van der Waals surface area contributed by atoms with E-state index < -0.39 is 29.3 Å². The van der Waals surface area contributed by atoms with Crippen molar-refractivity contribution in [2.24, 2.45) is 0 Å². The van der Waals surface area contributed by atoms with Gasteiger partial charge in [0.05, 0.1) is 0 Å². The molecule has 7 nitrogen and oxygen atoms in total. The average molecular weight is 508 g/mol. The van der Waals surface area contributed by atoms with Gasteiger partial charge < -0.3 is 20.3 Å². The first-order valence-corrected chi connectivity index (χ1v) is 13.6. The van der Waals surface area contributed by atoms with Gasteiger partial charge in [0.25, 0.3) is 0 Å². The number of thioether (sulfide) groups is 1. The number of carbonyl (C=O) groups excluding carboxylic acids is 3. The molecule has 0 bridgehead atoms. The number of benzene rings is 1. The predicted molar refractivity (Wildman–Crippen MR) is 145 cm³/mol. The molecule has 0 fully saturated rings. The number of ether oxygens (including phenoxy) is 1. The number of alkyl carbamates (subject to hydrolysis) is 1. The summed E-state index contributed by atoms with van der Waals surface area (Å²) in [7, 11) is 0. The molecule has 0 aromatic heterocycles. The average Bonchev–Trinajstić information content (AvgIpc) is 2.68. The van der Waals surface area contributed by atoms with E-state index in [1.807, 2.05) is 72.9 Å². The summed E-state index contributed by atoms with van der Waals surface area (Å²) < 4.78 is 5.43. The summed E-state index contributed by atoms with van der Waals surface area (Å²) >= 11 is 1.59. The fourth-order valence-electron chi connectivity index (χ4n) is 3.67. The van der Waals surface area contributed by atoms with Crippen LogP contribution in [-0.4, -0.2) is 58.0 Å². The largest absolute Gasteiger partial charge is 0.444 e. The maximum Gasteiger partial charge on any atom is 0.408 e. The fraction of sp³-hybridized carbons (Fsp3) is 0.667. The molecule has 0 saturated carbocycles. The molecule has 35 heavy (non-hydrogen) atoms. The normalized spacial score (nSPS) is 13.7. The van der Waals surface area contributed by atoms with E-state index in [9.17, 15) is 14.4 Å². The van der Waals surface area contributed by atoms with E-state index >= 15 is 0 Å². The summed E-state index contributed by atoms with van der Waals surface area (Å²) in [6, 6.07) is 4.04. The standard InChI is InChI=1S/C27H45N3O4S/c1-17(2)28-23(31)22(20-13-12-18(3)19(4)16-20)30(26(5,6)7)24(32)21(14-15-35-11)29-25(33)34-27(8,9)10/h12-13,16-17,21-22H,14-15H2,1-11H3,(H,28,31)(H,29,33). The van der Waals surface area contributed by atoms with Gasteiger partial charge in [-0.25, -0.2) is 4.79 Å². The van der Waals surface area contributed by atoms with Crippen LogP contribution in [0.15, 0.2) is 18.2 Å². The van der Waals surface area contributed by atoms with Gasteiger partial charge in [-0.1, -0.05) is 18.2 Å². The van der Waals surface area contributed by atoms with E-state index in [4.69, 9.17) is 4.74 Å². The van der Waals surface area contributed by atoms with Crippen molar-refractivity contribution in [1.29, 1.82) is 0 Å². The lowest BCUT2D eigenvalue weighted by atomic mass is 9.93. The molecule has 1 rings (SSSR count). The van der Waals surface area contributed by atoms with Crippen molar-refractivity contribution in [2.75, 3.05) is 12.0 Å². The maximum absolute atomic E-state index is 14.1. The van der Waals surface area contributed by atoms with Crippen LogP contribution in [0.3, 0.4) is 0 Å². The first-order chi connectivity index (χ1) is 16.0. The van der Waals surface area contributed by atoms with Crippen molar-refractivity contribution in [3.8, 4) is 0 Å². The summed E-state index contributed by atoms with van der Waals surface area (Å²) in [5.41, 5.74) is 1.48. The molecule has 0 saturated heterocycles. The van der Waals surface area contributed by atoms with Gasteiger partial charge in [0.15, 0.2) is 0 Å². The zero-order chi connectivity index (χ0) is 27.1. The van der Waals surface area contributed by atoms with Crippen molar-refractivity contribution in [3.05, 3.63) is 34.9 Å². The van der Waals surface area contributed by atoms with Gasteiger partial charge in [0.1, 0.15) is 17.7 Å². The van der Waals surface area contributed by atoms with Crippen molar-refractivity contribution in [2.45, 2.75) is 105 Å². The number of hydrogen-bond donors (Lipinski definition) is 2. The van der Waals surface area contributed by atoms with E-state index in [0.717, 1.165) is 16.7 Å². The Labute approximate surface area is 216 Å². The molecule has 8 heteroatoms. The second-order valence-electron chi connectivity index (χ2n) is 11.3. The first kappa shape index (κ1) is 30.8. The van der Waals surface area contributed by atoms with Crippen LogP contribution < -0.4 is 10.6 Å². The molecule has 0 aliphatic rings. The lowest BCUT2D eigenvalue weighted by molar-refractivity contribution is -0.148. The molecular formula is C27H45N3O4S. The number of nitrogens with one attached hydrogen (secondary N) is 2. The summed E-state index contributed by atoms with van der Waals surface area (Å²) in [4.78, 5) is 41.9. The smallest absolute Gasteiger partial charge is 0.408 e. The third-order valence-electron chi connectivity index (χ3n) is 5.34. The maximum atomic E-state index is 14.1. The van der Waals surface area contributed by atoms with Gasteiger partial charge in [-0.15, -0.1) is 0 Å². The lowest BCUT2D eigenvalue weighted by Crippen LogP contribution is -2.59. The van der Waals surface area contributed by atoms with Gasteiger partial charge in [-0.2, -0.15) is 11.8 Å². The van der Waals surface area contributed by atoms with Crippen LogP contribution >= 0.6 is 11.8 Å². The topological polar surface area (TPSA) is 87.7 Å². The monoisotopic (exact) mass is 507 g/mol. The molecule has 1 aromatic rings. The van der Waals surface area contributed by atoms with Crippen molar-refractivity contribution < 1.29 is 19.1 Å². The number of carbonyl (C=O) groups is 3. The lowest BCUT2D eigenvalue weighted by Gasteiger charge is -2.43.